The SMILES string of the molecule is C[C@H]1NCCN(C(=O)O)CC1O. The Morgan fingerprint density at radius 2 is 2.33 bits per heavy atom. The summed E-state index contributed by atoms with van der Waals surface area (Å²) in [6, 6.07) is -0.0330. The standard InChI is InChI=1S/C7H14N2O3/c1-5-6(10)4-9(7(11)12)3-2-8-5/h5-6,8,10H,2-4H2,1H3,(H,11,12)/t5-,6?/m1/s1. The fraction of sp³-hybridized carbons (Fsp3) is 0.857. The lowest BCUT2D eigenvalue weighted by Gasteiger charge is -2.19. The molecule has 1 aliphatic heterocycles. The topological polar surface area (TPSA) is 72.8 Å². The van der Waals surface area contributed by atoms with Gasteiger partial charge < -0.3 is 20.4 Å². The number of carbonyl (C=O) groups is 1. The van der Waals surface area contributed by atoms with Crippen LogP contribution in [-0.2, 0) is 0 Å². The van der Waals surface area contributed by atoms with Gasteiger partial charge >= 0.3 is 6.09 Å². The fourth-order valence-corrected chi connectivity index (χ4v) is 1.21. The molecule has 5 heteroatoms. The number of aliphatic hydroxyl groups excluding tert-OH is 1. The molecule has 12 heavy (non-hydrogen) atoms. The van der Waals surface area contributed by atoms with E-state index in [4.69, 9.17) is 5.11 Å². The minimum atomic E-state index is -0.968. The number of carboxylic acid groups (broad SMARTS) is 1. The summed E-state index contributed by atoms with van der Waals surface area (Å²) >= 11 is 0. The number of nitrogens with one attached hydrogen (secondary N) is 1. The van der Waals surface area contributed by atoms with Crippen LogP contribution in [0, 0.1) is 0 Å². The molecule has 1 aliphatic rings. The fourth-order valence-electron chi connectivity index (χ4n) is 1.21. The molecule has 5 nitrogen and oxygen atoms in total. The van der Waals surface area contributed by atoms with Crippen LogP contribution in [0.1, 0.15) is 6.92 Å². The molecule has 1 amide bonds. The number of β-amino-alcohol motifs (C(OH)–C–C–N with tert-alkyl or cyclic N) is 1. The van der Waals surface area contributed by atoms with Crippen molar-refractivity contribution >= 4 is 6.09 Å². The van der Waals surface area contributed by atoms with E-state index in [1.54, 1.807) is 0 Å². The van der Waals surface area contributed by atoms with Crippen LogP contribution in [0.2, 0.25) is 0 Å². The largest absolute Gasteiger partial charge is 0.465 e. The second kappa shape index (κ2) is 3.73. The van der Waals surface area contributed by atoms with Gasteiger partial charge in [0.1, 0.15) is 0 Å². The zero-order valence-electron chi connectivity index (χ0n) is 7.03. The highest BCUT2D eigenvalue weighted by atomic mass is 16.4. The van der Waals surface area contributed by atoms with E-state index >= 15 is 0 Å². The molecule has 0 spiro atoms. The maximum absolute atomic E-state index is 10.5. The minimum absolute atomic E-state index is 0.0330. The van der Waals surface area contributed by atoms with Gasteiger partial charge in [-0.25, -0.2) is 4.79 Å². The van der Waals surface area contributed by atoms with Crippen LogP contribution >= 0.6 is 0 Å². The van der Waals surface area contributed by atoms with Crippen LogP contribution in [0.25, 0.3) is 0 Å². The molecule has 1 fully saturated rings. The molecule has 0 radical (unpaired) electrons. The van der Waals surface area contributed by atoms with Gasteiger partial charge in [-0.1, -0.05) is 0 Å². The van der Waals surface area contributed by atoms with E-state index in [0.29, 0.717) is 13.1 Å². The van der Waals surface area contributed by atoms with Crippen molar-refractivity contribution in [3.63, 3.8) is 0 Å². The Kier molecular flexibility index (Phi) is 2.88. The quantitative estimate of drug-likeness (QED) is 0.455. The average Bonchev–Trinajstić information content (AvgIpc) is 2.15. The number of hydrogen-bond donors (Lipinski definition) is 3. The second-order valence-corrected chi connectivity index (χ2v) is 3.04. The zero-order chi connectivity index (χ0) is 9.14. The van der Waals surface area contributed by atoms with Gasteiger partial charge in [-0.15, -0.1) is 0 Å². The molecule has 3 N–H and O–H groups in total. The normalized spacial score (nSPS) is 31.3. The van der Waals surface area contributed by atoms with Crippen molar-refractivity contribution in [2.45, 2.75) is 19.1 Å². The van der Waals surface area contributed by atoms with Gasteiger partial charge in [-0.05, 0) is 6.92 Å². The molecule has 0 aliphatic carbocycles. The first-order valence-electron chi connectivity index (χ1n) is 4.00. The molecular weight excluding hydrogens is 160 g/mol. The summed E-state index contributed by atoms with van der Waals surface area (Å²) in [5.41, 5.74) is 0. The highest BCUT2D eigenvalue weighted by Gasteiger charge is 2.23. The van der Waals surface area contributed by atoms with Crippen molar-refractivity contribution in [1.29, 1.82) is 0 Å². The van der Waals surface area contributed by atoms with Gasteiger partial charge in [0, 0.05) is 19.1 Å². The first-order chi connectivity index (χ1) is 5.61. The van der Waals surface area contributed by atoms with Crippen LogP contribution in [0.3, 0.4) is 0 Å². The Morgan fingerprint density at radius 3 is 2.92 bits per heavy atom. The molecular formula is C7H14N2O3. The van der Waals surface area contributed by atoms with Crippen LogP contribution in [0.5, 0.6) is 0 Å². The van der Waals surface area contributed by atoms with Crippen molar-refractivity contribution in [1.82, 2.24) is 10.2 Å². The van der Waals surface area contributed by atoms with E-state index in [-0.39, 0.29) is 12.6 Å². The Morgan fingerprint density at radius 1 is 1.67 bits per heavy atom. The highest BCUT2D eigenvalue weighted by Crippen LogP contribution is 2.02. The highest BCUT2D eigenvalue weighted by molar-refractivity contribution is 5.65. The molecule has 0 bridgehead atoms. The Balaban J connectivity index is 2.54. The molecule has 1 unspecified atom stereocenters. The molecule has 70 valence electrons. The minimum Gasteiger partial charge on any atom is -0.465 e. The first-order valence-corrected chi connectivity index (χ1v) is 4.00. The Bertz CT molecular complexity index is 174. The lowest BCUT2D eigenvalue weighted by Crippen LogP contribution is -2.40. The van der Waals surface area contributed by atoms with E-state index in [1.165, 1.54) is 4.90 Å². The van der Waals surface area contributed by atoms with Crippen LogP contribution in [0.15, 0.2) is 0 Å². The first kappa shape index (κ1) is 9.28. The van der Waals surface area contributed by atoms with Crippen molar-refractivity contribution < 1.29 is 15.0 Å². The average molecular weight is 174 g/mol. The summed E-state index contributed by atoms with van der Waals surface area (Å²) in [5, 5.41) is 21.1. The van der Waals surface area contributed by atoms with E-state index < -0.39 is 12.2 Å². The lowest BCUT2D eigenvalue weighted by molar-refractivity contribution is 0.0949. The third-order valence-electron chi connectivity index (χ3n) is 2.10. The number of rotatable bonds is 0. The molecule has 1 rings (SSSR count). The van der Waals surface area contributed by atoms with E-state index in [2.05, 4.69) is 5.32 Å². The molecule has 0 aromatic rings. The van der Waals surface area contributed by atoms with Gasteiger partial charge in [-0.2, -0.15) is 0 Å². The summed E-state index contributed by atoms with van der Waals surface area (Å²) in [6.07, 6.45) is -1.58. The van der Waals surface area contributed by atoms with Crippen LogP contribution in [-0.4, -0.2) is 53.0 Å². The maximum atomic E-state index is 10.5. The zero-order valence-corrected chi connectivity index (χ0v) is 7.03. The van der Waals surface area contributed by atoms with Crippen molar-refractivity contribution in [3.05, 3.63) is 0 Å². The van der Waals surface area contributed by atoms with Gasteiger partial charge in [0.05, 0.1) is 12.6 Å². The van der Waals surface area contributed by atoms with Crippen LogP contribution in [0.4, 0.5) is 4.79 Å². The van der Waals surface area contributed by atoms with Crippen LogP contribution < -0.4 is 5.32 Å². The summed E-state index contributed by atoms with van der Waals surface area (Å²) < 4.78 is 0. The maximum Gasteiger partial charge on any atom is 0.407 e. The number of aliphatic hydroxyl groups is 1. The summed E-state index contributed by atoms with van der Waals surface area (Å²) in [5.74, 6) is 0. The third-order valence-corrected chi connectivity index (χ3v) is 2.10. The summed E-state index contributed by atoms with van der Waals surface area (Å²) in [6.45, 7) is 3.08. The molecule has 0 aromatic heterocycles. The van der Waals surface area contributed by atoms with Crippen molar-refractivity contribution in [3.8, 4) is 0 Å². The summed E-state index contributed by atoms with van der Waals surface area (Å²) in [4.78, 5) is 11.8. The number of amides is 1. The predicted octanol–water partition coefficient (Wildman–Crippen LogP) is -0.681. The molecule has 1 heterocycles. The Hall–Kier alpha value is -0.810. The number of hydrogen-bond acceptors (Lipinski definition) is 3. The third kappa shape index (κ3) is 2.09. The molecule has 2 atom stereocenters. The van der Waals surface area contributed by atoms with Gasteiger partial charge in [0.15, 0.2) is 0 Å². The molecule has 0 aromatic carbocycles. The van der Waals surface area contributed by atoms with Gasteiger partial charge in [-0.3, -0.25) is 0 Å². The molecule has 0 saturated carbocycles. The predicted molar refractivity (Wildman–Crippen MR) is 43.1 cm³/mol. The van der Waals surface area contributed by atoms with E-state index in [1.807, 2.05) is 6.92 Å². The second-order valence-electron chi connectivity index (χ2n) is 3.04. The Labute approximate surface area is 71.0 Å². The number of nitrogens with zero attached hydrogens (tertiary/aromatic N) is 1. The van der Waals surface area contributed by atoms with Gasteiger partial charge in [0.25, 0.3) is 0 Å². The lowest BCUT2D eigenvalue weighted by atomic mass is 10.2. The summed E-state index contributed by atoms with van der Waals surface area (Å²) in [7, 11) is 0. The smallest absolute Gasteiger partial charge is 0.407 e. The molecule has 1 saturated heterocycles. The van der Waals surface area contributed by atoms with Crippen molar-refractivity contribution in [2.24, 2.45) is 0 Å². The van der Waals surface area contributed by atoms with E-state index in [9.17, 15) is 9.90 Å². The van der Waals surface area contributed by atoms with Gasteiger partial charge in [0.2, 0.25) is 0 Å². The van der Waals surface area contributed by atoms with E-state index in [0.717, 1.165) is 0 Å². The monoisotopic (exact) mass is 174 g/mol. The van der Waals surface area contributed by atoms with Crippen molar-refractivity contribution in [2.75, 3.05) is 19.6 Å².